The van der Waals surface area contributed by atoms with Crippen molar-refractivity contribution in [3.8, 4) is 0 Å². The molecule has 4 nitrogen and oxygen atoms in total. The van der Waals surface area contributed by atoms with Crippen molar-refractivity contribution >= 4 is 0 Å². The molecule has 1 saturated heterocycles. The smallest absolute Gasteiger partial charge is 0.224 e. The van der Waals surface area contributed by atoms with Crippen molar-refractivity contribution in [3.63, 3.8) is 0 Å². The van der Waals surface area contributed by atoms with Gasteiger partial charge in [0, 0.05) is 20.6 Å². The largest absolute Gasteiger partial charge is 0.362 e. The molecule has 1 aliphatic heterocycles. The maximum Gasteiger partial charge on any atom is 0.224 e. The van der Waals surface area contributed by atoms with Crippen molar-refractivity contribution in [3.05, 3.63) is 0 Å². The molecule has 0 bridgehead atoms. The molecule has 1 N–H and O–H groups in total. The Balaban J connectivity index is 2.81. The summed E-state index contributed by atoms with van der Waals surface area (Å²) in [6.45, 7) is 1.99. The fraction of sp³-hybridized carbons (Fsp3) is 1.00. The zero-order valence-electron chi connectivity index (χ0n) is 7.09. The molecule has 11 heavy (non-hydrogen) atoms. The first-order valence-corrected chi connectivity index (χ1v) is 3.54. The molecule has 1 rings (SSSR count). The number of aliphatic hydroxyl groups is 1. The normalized spacial score (nSPS) is 36.0. The summed E-state index contributed by atoms with van der Waals surface area (Å²) in [5.74, 6) is -2.33. The summed E-state index contributed by atoms with van der Waals surface area (Å²) in [4.78, 5) is 0. The van der Waals surface area contributed by atoms with Gasteiger partial charge >= 0.3 is 0 Å². The number of rotatable bonds is 2. The summed E-state index contributed by atoms with van der Waals surface area (Å²) >= 11 is 0. The first-order valence-electron chi connectivity index (χ1n) is 3.54. The van der Waals surface area contributed by atoms with E-state index in [1.807, 2.05) is 0 Å². The molecule has 0 radical (unpaired) electrons. The predicted molar refractivity (Wildman–Crippen MR) is 37.9 cm³/mol. The van der Waals surface area contributed by atoms with Crippen molar-refractivity contribution in [1.82, 2.24) is 0 Å². The van der Waals surface area contributed by atoms with E-state index < -0.39 is 11.6 Å². The monoisotopic (exact) mass is 162 g/mol. The summed E-state index contributed by atoms with van der Waals surface area (Å²) in [5, 5.41) is 9.63. The maximum absolute atomic E-state index is 9.63. The molecule has 0 aliphatic carbocycles. The van der Waals surface area contributed by atoms with Crippen LogP contribution in [0, 0.1) is 0 Å². The lowest BCUT2D eigenvalue weighted by Crippen LogP contribution is -2.51. The van der Waals surface area contributed by atoms with Crippen LogP contribution >= 0.6 is 0 Å². The summed E-state index contributed by atoms with van der Waals surface area (Å²) in [6, 6.07) is 0. The Morgan fingerprint density at radius 3 is 2.09 bits per heavy atom. The number of hydrogen-bond acceptors (Lipinski definition) is 4. The second-order valence-electron chi connectivity index (χ2n) is 2.74. The van der Waals surface area contributed by atoms with E-state index in [1.165, 1.54) is 21.1 Å². The van der Waals surface area contributed by atoms with Gasteiger partial charge in [-0.1, -0.05) is 0 Å². The third kappa shape index (κ3) is 1.16. The first kappa shape index (κ1) is 8.93. The van der Waals surface area contributed by atoms with E-state index in [4.69, 9.17) is 14.2 Å². The molecule has 0 aromatic heterocycles. The van der Waals surface area contributed by atoms with Crippen LogP contribution < -0.4 is 0 Å². The molecule has 0 amide bonds. The van der Waals surface area contributed by atoms with Crippen LogP contribution in [0.1, 0.15) is 13.3 Å². The Hall–Kier alpha value is -0.160. The van der Waals surface area contributed by atoms with E-state index in [0.717, 1.165) is 0 Å². The molecule has 0 spiro atoms. The third-order valence-electron chi connectivity index (χ3n) is 2.18. The van der Waals surface area contributed by atoms with E-state index in [-0.39, 0.29) is 0 Å². The van der Waals surface area contributed by atoms with Crippen molar-refractivity contribution in [2.45, 2.75) is 24.9 Å². The zero-order chi connectivity index (χ0) is 8.54. The molecular formula is C7H14O4. The van der Waals surface area contributed by atoms with Crippen LogP contribution in [-0.4, -0.2) is 37.5 Å². The molecule has 1 atom stereocenters. The molecule has 66 valence electrons. The van der Waals surface area contributed by atoms with Gasteiger partial charge in [-0.05, 0) is 6.92 Å². The molecule has 1 heterocycles. The summed E-state index contributed by atoms with van der Waals surface area (Å²) in [7, 11) is 2.99. The minimum absolute atomic E-state index is 0.453. The minimum Gasteiger partial charge on any atom is -0.362 e. The Morgan fingerprint density at radius 1 is 1.36 bits per heavy atom. The quantitative estimate of drug-likeness (QED) is 0.585. The SMILES string of the molecule is COC1(OC)CCOC1(C)O. The van der Waals surface area contributed by atoms with E-state index in [2.05, 4.69) is 0 Å². The van der Waals surface area contributed by atoms with Gasteiger partial charge in [-0.3, -0.25) is 0 Å². The van der Waals surface area contributed by atoms with Gasteiger partial charge in [-0.25, -0.2) is 0 Å². The van der Waals surface area contributed by atoms with Crippen LogP contribution in [0.5, 0.6) is 0 Å². The highest BCUT2D eigenvalue weighted by Gasteiger charge is 2.54. The Bertz CT molecular complexity index is 139. The zero-order valence-corrected chi connectivity index (χ0v) is 7.09. The van der Waals surface area contributed by atoms with Gasteiger partial charge in [0.1, 0.15) is 0 Å². The van der Waals surface area contributed by atoms with Crippen molar-refractivity contribution < 1.29 is 19.3 Å². The highest BCUT2D eigenvalue weighted by Crippen LogP contribution is 2.36. The maximum atomic E-state index is 9.63. The summed E-state index contributed by atoms with van der Waals surface area (Å²) in [6.07, 6.45) is 0.549. The molecule has 0 saturated carbocycles. The van der Waals surface area contributed by atoms with Crippen molar-refractivity contribution in [2.75, 3.05) is 20.8 Å². The average molecular weight is 162 g/mol. The predicted octanol–water partition coefficient (Wildman–Crippen LogP) is 0.104. The first-order chi connectivity index (χ1) is 5.08. The molecule has 1 unspecified atom stereocenters. The Kier molecular flexibility index (Phi) is 2.20. The number of ether oxygens (including phenoxy) is 3. The lowest BCUT2D eigenvalue weighted by Gasteiger charge is -2.34. The van der Waals surface area contributed by atoms with Gasteiger partial charge in [0.05, 0.1) is 6.61 Å². The molecule has 4 heteroatoms. The van der Waals surface area contributed by atoms with Crippen LogP contribution in [0.15, 0.2) is 0 Å². The van der Waals surface area contributed by atoms with Crippen LogP contribution in [0.4, 0.5) is 0 Å². The van der Waals surface area contributed by atoms with Crippen LogP contribution in [0.25, 0.3) is 0 Å². The van der Waals surface area contributed by atoms with Gasteiger partial charge in [-0.2, -0.15) is 0 Å². The van der Waals surface area contributed by atoms with Crippen molar-refractivity contribution in [1.29, 1.82) is 0 Å². The topological polar surface area (TPSA) is 47.9 Å². The average Bonchev–Trinajstić information content (AvgIpc) is 2.26. The third-order valence-corrected chi connectivity index (χ3v) is 2.18. The van der Waals surface area contributed by atoms with E-state index >= 15 is 0 Å². The summed E-state index contributed by atoms with van der Waals surface area (Å²) in [5.41, 5.74) is 0. The summed E-state index contributed by atoms with van der Waals surface area (Å²) < 4.78 is 15.2. The molecular weight excluding hydrogens is 148 g/mol. The van der Waals surface area contributed by atoms with Crippen LogP contribution in [0.2, 0.25) is 0 Å². The molecule has 1 aliphatic rings. The van der Waals surface area contributed by atoms with E-state index in [1.54, 1.807) is 0 Å². The molecule has 0 aromatic rings. The Morgan fingerprint density at radius 2 is 1.91 bits per heavy atom. The van der Waals surface area contributed by atoms with Gasteiger partial charge in [-0.15, -0.1) is 0 Å². The van der Waals surface area contributed by atoms with Gasteiger partial charge in [0.25, 0.3) is 0 Å². The second kappa shape index (κ2) is 2.71. The van der Waals surface area contributed by atoms with Crippen LogP contribution in [0.3, 0.4) is 0 Å². The van der Waals surface area contributed by atoms with E-state index in [0.29, 0.717) is 13.0 Å². The van der Waals surface area contributed by atoms with Gasteiger partial charge in [0.15, 0.2) is 0 Å². The fourth-order valence-corrected chi connectivity index (χ4v) is 1.39. The van der Waals surface area contributed by atoms with Crippen molar-refractivity contribution in [2.24, 2.45) is 0 Å². The minimum atomic E-state index is -1.34. The highest BCUT2D eigenvalue weighted by atomic mass is 16.8. The highest BCUT2D eigenvalue weighted by molar-refractivity contribution is 4.88. The van der Waals surface area contributed by atoms with Gasteiger partial charge < -0.3 is 19.3 Å². The Labute approximate surface area is 66.1 Å². The number of hydrogen-bond donors (Lipinski definition) is 1. The lowest BCUT2D eigenvalue weighted by atomic mass is 10.1. The molecule has 1 fully saturated rings. The lowest BCUT2D eigenvalue weighted by molar-refractivity contribution is -0.339. The second-order valence-corrected chi connectivity index (χ2v) is 2.74. The fourth-order valence-electron chi connectivity index (χ4n) is 1.39. The molecule has 0 aromatic carbocycles. The van der Waals surface area contributed by atoms with E-state index in [9.17, 15) is 5.11 Å². The van der Waals surface area contributed by atoms with Gasteiger partial charge in [0.2, 0.25) is 11.6 Å². The van der Waals surface area contributed by atoms with Crippen LogP contribution in [-0.2, 0) is 14.2 Å². The number of methoxy groups -OCH3 is 2. The standard InChI is InChI=1S/C7H14O4/c1-6(8)7(9-2,10-3)4-5-11-6/h8H,4-5H2,1-3H3.